The van der Waals surface area contributed by atoms with Gasteiger partial charge in [-0.05, 0) is 31.0 Å². The van der Waals surface area contributed by atoms with Crippen molar-refractivity contribution in [2.75, 3.05) is 6.61 Å². The topological polar surface area (TPSA) is 9.23 Å². The van der Waals surface area contributed by atoms with Gasteiger partial charge in [0.1, 0.15) is 0 Å². The van der Waals surface area contributed by atoms with Gasteiger partial charge in [0.25, 0.3) is 0 Å². The summed E-state index contributed by atoms with van der Waals surface area (Å²) in [7, 11) is 0. The van der Waals surface area contributed by atoms with Crippen molar-refractivity contribution in [1.29, 1.82) is 0 Å². The summed E-state index contributed by atoms with van der Waals surface area (Å²) in [4.78, 5) is 0. The molecule has 2 aromatic carbocycles. The summed E-state index contributed by atoms with van der Waals surface area (Å²) in [5, 5.41) is 0. The Labute approximate surface area is 139 Å². The van der Waals surface area contributed by atoms with E-state index in [1.165, 1.54) is 31.2 Å². The van der Waals surface area contributed by atoms with Crippen molar-refractivity contribution in [1.82, 2.24) is 0 Å². The SMILES string of the molecule is CCCCCCOc1ccc(-c2ccc(C)c(F)c2F)c(F)c1F. The fraction of sp³-hybridized carbons (Fsp3) is 0.368. The third kappa shape index (κ3) is 3.89. The molecule has 2 rings (SSSR count). The van der Waals surface area contributed by atoms with Crippen molar-refractivity contribution in [2.45, 2.75) is 39.5 Å². The fourth-order valence-corrected chi connectivity index (χ4v) is 2.42. The first-order valence-electron chi connectivity index (χ1n) is 8.03. The molecule has 0 aliphatic carbocycles. The monoisotopic (exact) mass is 340 g/mol. The summed E-state index contributed by atoms with van der Waals surface area (Å²) in [6, 6.07) is 5.00. The van der Waals surface area contributed by atoms with Gasteiger partial charge < -0.3 is 4.74 Å². The van der Waals surface area contributed by atoms with E-state index in [-0.39, 0.29) is 29.0 Å². The molecule has 0 aliphatic heterocycles. The van der Waals surface area contributed by atoms with E-state index < -0.39 is 23.3 Å². The molecule has 0 aliphatic rings. The Morgan fingerprint density at radius 1 is 0.750 bits per heavy atom. The number of aryl methyl sites for hydroxylation is 1. The first-order chi connectivity index (χ1) is 11.5. The molecular formula is C19H20F4O. The summed E-state index contributed by atoms with van der Waals surface area (Å²) < 4.78 is 61.2. The maximum Gasteiger partial charge on any atom is 0.201 e. The van der Waals surface area contributed by atoms with Gasteiger partial charge in [-0.15, -0.1) is 0 Å². The van der Waals surface area contributed by atoms with Gasteiger partial charge in [-0.2, -0.15) is 4.39 Å². The van der Waals surface area contributed by atoms with Gasteiger partial charge >= 0.3 is 0 Å². The molecule has 0 amide bonds. The minimum atomic E-state index is -1.25. The van der Waals surface area contributed by atoms with E-state index in [4.69, 9.17) is 4.74 Å². The number of benzene rings is 2. The summed E-state index contributed by atoms with van der Waals surface area (Å²) in [5.74, 6) is -4.92. The molecule has 0 heterocycles. The Kier molecular flexibility index (Phi) is 6.23. The number of unbranched alkanes of at least 4 members (excludes halogenated alkanes) is 3. The average molecular weight is 340 g/mol. The Hall–Kier alpha value is -2.04. The van der Waals surface area contributed by atoms with Crippen molar-refractivity contribution in [3.05, 3.63) is 53.1 Å². The van der Waals surface area contributed by atoms with Gasteiger partial charge in [0, 0.05) is 11.1 Å². The minimum Gasteiger partial charge on any atom is -0.490 e. The van der Waals surface area contributed by atoms with Crippen LogP contribution in [0.3, 0.4) is 0 Å². The average Bonchev–Trinajstić information content (AvgIpc) is 2.57. The highest BCUT2D eigenvalue weighted by Crippen LogP contribution is 2.32. The van der Waals surface area contributed by atoms with E-state index in [0.29, 0.717) is 0 Å². The van der Waals surface area contributed by atoms with E-state index in [1.54, 1.807) is 0 Å². The van der Waals surface area contributed by atoms with Gasteiger partial charge in [0.2, 0.25) is 5.82 Å². The number of ether oxygens (including phenoxy) is 1. The third-order valence-corrected chi connectivity index (χ3v) is 3.87. The number of halogens is 4. The highest BCUT2D eigenvalue weighted by molar-refractivity contribution is 5.66. The van der Waals surface area contributed by atoms with E-state index in [0.717, 1.165) is 25.7 Å². The summed E-state index contributed by atoms with van der Waals surface area (Å²) in [6.45, 7) is 3.75. The molecule has 0 N–H and O–H groups in total. The zero-order valence-corrected chi connectivity index (χ0v) is 13.8. The van der Waals surface area contributed by atoms with E-state index in [9.17, 15) is 17.6 Å². The van der Waals surface area contributed by atoms with Crippen molar-refractivity contribution in [2.24, 2.45) is 0 Å². The van der Waals surface area contributed by atoms with E-state index in [1.807, 2.05) is 0 Å². The molecule has 0 unspecified atom stereocenters. The molecule has 0 fully saturated rings. The van der Waals surface area contributed by atoms with Crippen LogP contribution in [0.25, 0.3) is 11.1 Å². The van der Waals surface area contributed by atoms with Crippen molar-refractivity contribution >= 4 is 0 Å². The first kappa shape index (κ1) is 18.3. The lowest BCUT2D eigenvalue weighted by atomic mass is 10.0. The maximum atomic E-state index is 14.2. The van der Waals surface area contributed by atoms with E-state index in [2.05, 4.69) is 6.92 Å². The van der Waals surface area contributed by atoms with Crippen molar-refractivity contribution in [3.63, 3.8) is 0 Å². The fourth-order valence-electron chi connectivity index (χ4n) is 2.42. The second-order valence-electron chi connectivity index (χ2n) is 5.71. The van der Waals surface area contributed by atoms with Crippen LogP contribution < -0.4 is 4.74 Å². The second-order valence-corrected chi connectivity index (χ2v) is 5.71. The van der Waals surface area contributed by atoms with Crippen molar-refractivity contribution in [3.8, 4) is 16.9 Å². The quantitative estimate of drug-likeness (QED) is 0.432. The standard InChI is InChI=1S/C19H20F4O/c1-3-4-5-6-11-24-15-10-9-14(18(22)19(15)23)13-8-7-12(2)16(20)17(13)21/h7-10H,3-6,11H2,1-2H3. The highest BCUT2D eigenvalue weighted by atomic mass is 19.2. The van der Waals surface area contributed by atoms with Gasteiger partial charge in [0.05, 0.1) is 6.61 Å². The highest BCUT2D eigenvalue weighted by Gasteiger charge is 2.20. The molecule has 0 aromatic heterocycles. The lowest BCUT2D eigenvalue weighted by molar-refractivity contribution is 0.285. The minimum absolute atomic E-state index is 0.101. The van der Waals surface area contributed by atoms with Crippen LogP contribution in [0.2, 0.25) is 0 Å². The van der Waals surface area contributed by atoms with Crippen molar-refractivity contribution < 1.29 is 22.3 Å². The normalized spacial score (nSPS) is 10.9. The van der Waals surface area contributed by atoms with Crippen LogP contribution in [0.15, 0.2) is 24.3 Å². The molecule has 0 radical (unpaired) electrons. The number of rotatable bonds is 7. The maximum absolute atomic E-state index is 14.2. The molecule has 0 saturated heterocycles. The molecule has 130 valence electrons. The third-order valence-electron chi connectivity index (χ3n) is 3.87. The molecule has 1 nitrogen and oxygen atoms in total. The Morgan fingerprint density at radius 2 is 1.38 bits per heavy atom. The van der Waals surface area contributed by atoms with Crippen LogP contribution in [-0.4, -0.2) is 6.61 Å². The van der Waals surface area contributed by atoms with Gasteiger partial charge in [-0.25, -0.2) is 13.2 Å². The molecule has 0 spiro atoms. The molecule has 2 aromatic rings. The summed E-state index contributed by atoms with van der Waals surface area (Å²) in [6.07, 6.45) is 3.81. The zero-order valence-electron chi connectivity index (χ0n) is 13.8. The Morgan fingerprint density at radius 3 is 2.04 bits per heavy atom. The lowest BCUT2D eigenvalue weighted by Crippen LogP contribution is -2.02. The van der Waals surface area contributed by atoms with E-state index >= 15 is 0 Å². The molecule has 0 saturated carbocycles. The molecule has 0 atom stereocenters. The largest absolute Gasteiger partial charge is 0.490 e. The first-order valence-corrected chi connectivity index (χ1v) is 8.03. The van der Waals surface area contributed by atoms with Crippen LogP contribution in [0.5, 0.6) is 5.75 Å². The van der Waals surface area contributed by atoms with Gasteiger partial charge in [0.15, 0.2) is 23.2 Å². The second kappa shape index (κ2) is 8.18. The predicted octanol–water partition coefficient (Wildman–Crippen LogP) is 6.18. The summed E-state index contributed by atoms with van der Waals surface area (Å²) >= 11 is 0. The van der Waals surface area contributed by atoms with Crippen LogP contribution in [0.4, 0.5) is 17.6 Å². The Balaban J connectivity index is 2.23. The Bertz CT molecular complexity index is 713. The van der Waals surface area contributed by atoms with Crippen LogP contribution in [0.1, 0.15) is 38.2 Å². The molecule has 24 heavy (non-hydrogen) atoms. The lowest BCUT2D eigenvalue weighted by Gasteiger charge is -2.11. The van der Waals surface area contributed by atoms with Gasteiger partial charge in [-0.3, -0.25) is 0 Å². The smallest absolute Gasteiger partial charge is 0.201 e. The van der Waals surface area contributed by atoms with Crippen LogP contribution >= 0.6 is 0 Å². The summed E-state index contributed by atoms with van der Waals surface area (Å²) in [5.41, 5.74) is -0.546. The molecule has 5 heteroatoms. The zero-order chi connectivity index (χ0) is 17.7. The predicted molar refractivity (Wildman–Crippen MR) is 86.1 cm³/mol. The van der Waals surface area contributed by atoms with Crippen LogP contribution in [0, 0.1) is 30.2 Å². The van der Waals surface area contributed by atoms with Crippen LogP contribution in [-0.2, 0) is 0 Å². The van der Waals surface area contributed by atoms with Gasteiger partial charge in [-0.1, -0.05) is 38.3 Å². The number of hydrogen-bond donors (Lipinski definition) is 0. The number of hydrogen-bond acceptors (Lipinski definition) is 1. The molecule has 0 bridgehead atoms. The molecular weight excluding hydrogens is 320 g/mol.